The highest BCUT2D eigenvalue weighted by Crippen LogP contribution is 2.22. The molecule has 2 nitrogen and oxygen atoms in total. The second-order valence-corrected chi connectivity index (χ2v) is 4.59. The number of aromatic nitrogens is 2. The van der Waals surface area contributed by atoms with Gasteiger partial charge < -0.3 is 0 Å². The van der Waals surface area contributed by atoms with Crippen LogP contribution in [0.1, 0.15) is 11.4 Å². The number of benzene rings is 2. The van der Waals surface area contributed by atoms with Crippen LogP contribution in [0.3, 0.4) is 0 Å². The average Bonchev–Trinajstić information content (AvgIpc) is 2.78. The van der Waals surface area contributed by atoms with Crippen molar-refractivity contribution in [3.8, 4) is 5.69 Å². The van der Waals surface area contributed by atoms with Crippen molar-refractivity contribution in [1.82, 2.24) is 9.55 Å². The van der Waals surface area contributed by atoms with E-state index >= 15 is 0 Å². The first kappa shape index (κ1) is 11.3. The molecule has 0 N–H and O–H groups in total. The van der Waals surface area contributed by atoms with Crippen LogP contribution in [-0.2, 0) is 5.88 Å². The predicted octanol–water partition coefficient (Wildman–Crippen LogP) is 4.07. The van der Waals surface area contributed by atoms with Crippen molar-refractivity contribution in [2.45, 2.75) is 12.8 Å². The average molecular weight is 257 g/mol. The third-order valence-corrected chi connectivity index (χ3v) is 3.28. The van der Waals surface area contributed by atoms with E-state index in [1.54, 1.807) is 0 Å². The van der Waals surface area contributed by atoms with Gasteiger partial charge in [0, 0.05) is 5.69 Å². The maximum Gasteiger partial charge on any atom is 0.129 e. The monoisotopic (exact) mass is 256 g/mol. The van der Waals surface area contributed by atoms with Crippen LogP contribution in [0.15, 0.2) is 48.5 Å². The van der Waals surface area contributed by atoms with Gasteiger partial charge in [-0.2, -0.15) is 0 Å². The zero-order valence-electron chi connectivity index (χ0n) is 10.1. The predicted molar refractivity (Wildman–Crippen MR) is 75.4 cm³/mol. The summed E-state index contributed by atoms with van der Waals surface area (Å²) in [5.41, 5.74) is 4.42. The largest absolute Gasteiger partial charge is 0.295 e. The van der Waals surface area contributed by atoms with E-state index in [-0.39, 0.29) is 0 Å². The second-order valence-electron chi connectivity index (χ2n) is 4.32. The van der Waals surface area contributed by atoms with Gasteiger partial charge in [0.05, 0.1) is 16.9 Å². The molecule has 0 radical (unpaired) electrons. The highest BCUT2D eigenvalue weighted by molar-refractivity contribution is 6.17. The van der Waals surface area contributed by atoms with Crippen molar-refractivity contribution < 1.29 is 0 Å². The first-order valence-electron chi connectivity index (χ1n) is 5.89. The Morgan fingerprint density at radius 2 is 1.78 bits per heavy atom. The van der Waals surface area contributed by atoms with Gasteiger partial charge in [-0.05, 0) is 31.2 Å². The minimum atomic E-state index is 0.405. The molecule has 2 aromatic carbocycles. The molecule has 0 spiro atoms. The van der Waals surface area contributed by atoms with Crippen LogP contribution in [0.25, 0.3) is 16.7 Å². The van der Waals surface area contributed by atoms with Crippen molar-refractivity contribution in [2.75, 3.05) is 0 Å². The summed E-state index contributed by atoms with van der Waals surface area (Å²) in [4.78, 5) is 4.56. The number of hydrogen-bond donors (Lipinski definition) is 0. The molecule has 0 amide bonds. The molecule has 0 aliphatic carbocycles. The van der Waals surface area contributed by atoms with Gasteiger partial charge in [0.25, 0.3) is 0 Å². The lowest BCUT2D eigenvalue weighted by Gasteiger charge is -2.07. The van der Waals surface area contributed by atoms with Crippen molar-refractivity contribution in [1.29, 1.82) is 0 Å². The molecule has 0 aliphatic rings. The van der Waals surface area contributed by atoms with Gasteiger partial charge in [0.15, 0.2) is 0 Å². The van der Waals surface area contributed by atoms with E-state index in [0.29, 0.717) is 5.88 Å². The molecule has 90 valence electrons. The van der Waals surface area contributed by atoms with Crippen LogP contribution in [0, 0.1) is 6.92 Å². The Morgan fingerprint density at radius 3 is 2.50 bits per heavy atom. The Labute approximate surface area is 111 Å². The maximum absolute atomic E-state index is 6.00. The zero-order chi connectivity index (χ0) is 12.5. The van der Waals surface area contributed by atoms with Crippen molar-refractivity contribution in [3.05, 3.63) is 59.9 Å². The number of nitrogens with zero attached hydrogens (tertiary/aromatic N) is 2. The number of halogens is 1. The van der Waals surface area contributed by atoms with Crippen molar-refractivity contribution in [2.24, 2.45) is 0 Å². The fourth-order valence-corrected chi connectivity index (χ4v) is 2.33. The fourth-order valence-electron chi connectivity index (χ4n) is 2.15. The van der Waals surface area contributed by atoms with E-state index in [1.165, 1.54) is 5.56 Å². The van der Waals surface area contributed by atoms with Crippen LogP contribution in [0.4, 0.5) is 0 Å². The summed E-state index contributed by atoms with van der Waals surface area (Å²) in [5, 5.41) is 0. The quantitative estimate of drug-likeness (QED) is 0.632. The molecule has 0 saturated heterocycles. The standard InChI is InChI=1S/C15H13ClN2/c1-11-6-8-12(9-7-11)18-14-5-3-2-4-13(14)17-15(18)10-16/h2-9H,10H2,1H3. The summed E-state index contributed by atoms with van der Waals surface area (Å²) in [5.74, 6) is 1.28. The van der Waals surface area contributed by atoms with E-state index in [1.807, 2.05) is 18.2 Å². The molecule has 0 fully saturated rings. The van der Waals surface area contributed by atoms with Gasteiger partial charge in [0.1, 0.15) is 5.82 Å². The Kier molecular flexibility index (Phi) is 2.80. The summed E-state index contributed by atoms with van der Waals surface area (Å²) >= 11 is 6.00. The molecule has 1 heterocycles. The first-order valence-corrected chi connectivity index (χ1v) is 6.42. The summed E-state index contributed by atoms with van der Waals surface area (Å²) in [7, 11) is 0. The number of rotatable bonds is 2. The molecule has 3 rings (SSSR count). The lowest BCUT2D eigenvalue weighted by molar-refractivity contribution is 0.981. The molecule has 0 atom stereocenters. The lowest BCUT2D eigenvalue weighted by atomic mass is 10.2. The number of imidazole rings is 1. The van der Waals surface area contributed by atoms with Crippen LogP contribution >= 0.6 is 11.6 Å². The highest BCUT2D eigenvalue weighted by atomic mass is 35.5. The number of aryl methyl sites for hydroxylation is 1. The number of hydrogen-bond acceptors (Lipinski definition) is 1. The van der Waals surface area contributed by atoms with Gasteiger partial charge >= 0.3 is 0 Å². The molecule has 0 bridgehead atoms. The number of para-hydroxylation sites is 2. The normalized spacial score (nSPS) is 11.0. The molecule has 0 unspecified atom stereocenters. The molecule has 3 aromatic rings. The highest BCUT2D eigenvalue weighted by Gasteiger charge is 2.10. The number of alkyl halides is 1. The summed E-state index contributed by atoms with van der Waals surface area (Å²) in [6.07, 6.45) is 0. The third kappa shape index (κ3) is 1.79. The SMILES string of the molecule is Cc1ccc(-n2c(CCl)nc3ccccc32)cc1. The Bertz CT molecular complexity index is 683. The maximum atomic E-state index is 6.00. The summed E-state index contributed by atoms with van der Waals surface area (Å²) in [6, 6.07) is 16.5. The fraction of sp³-hybridized carbons (Fsp3) is 0.133. The van der Waals surface area contributed by atoms with Gasteiger partial charge in [-0.1, -0.05) is 29.8 Å². The zero-order valence-corrected chi connectivity index (χ0v) is 10.9. The van der Waals surface area contributed by atoms with E-state index in [4.69, 9.17) is 11.6 Å². The second kappa shape index (κ2) is 4.46. The summed E-state index contributed by atoms with van der Waals surface area (Å²) < 4.78 is 2.11. The molecule has 18 heavy (non-hydrogen) atoms. The first-order chi connectivity index (χ1) is 8.79. The van der Waals surface area contributed by atoms with E-state index < -0.39 is 0 Å². The van der Waals surface area contributed by atoms with E-state index in [9.17, 15) is 0 Å². The third-order valence-electron chi connectivity index (χ3n) is 3.04. The Balaban J connectivity index is 2.29. The van der Waals surface area contributed by atoms with Crippen LogP contribution in [0.2, 0.25) is 0 Å². The molecule has 0 aliphatic heterocycles. The topological polar surface area (TPSA) is 17.8 Å². The molecule has 1 aromatic heterocycles. The number of fused-ring (bicyclic) bond motifs is 1. The summed E-state index contributed by atoms with van der Waals surface area (Å²) in [6.45, 7) is 2.08. The van der Waals surface area contributed by atoms with Gasteiger partial charge in [-0.15, -0.1) is 11.6 Å². The van der Waals surface area contributed by atoms with Crippen LogP contribution in [-0.4, -0.2) is 9.55 Å². The van der Waals surface area contributed by atoms with Crippen LogP contribution in [0.5, 0.6) is 0 Å². The van der Waals surface area contributed by atoms with Crippen molar-refractivity contribution in [3.63, 3.8) is 0 Å². The minimum absolute atomic E-state index is 0.405. The molecule has 3 heteroatoms. The Hall–Kier alpha value is -1.80. The Morgan fingerprint density at radius 1 is 1.06 bits per heavy atom. The van der Waals surface area contributed by atoms with Crippen molar-refractivity contribution >= 4 is 22.6 Å². The van der Waals surface area contributed by atoms with Gasteiger partial charge in [0.2, 0.25) is 0 Å². The van der Waals surface area contributed by atoms with E-state index in [2.05, 4.69) is 46.8 Å². The van der Waals surface area contributed by atoms with Gasteiger partial charge in [-0.3, -0.25) is 4.57 Å². The van der Waals surface area contributed by atoms with Gasteiger partial charge in [-0.25, -0.2) is 4.98 Å². The van der Waals surface area contributed by atoms with Crippen LogP contribution < -0.4 is 0 Å². The molecule has 0 saturated carbocycles. The van der Waals surface area contributed by atoms with E-state index in [0.717, 1.165) is 22.5 Å². The smallest absolute Gasteiger partial charge is 0.129 e. The minimum Gasteiger partial charge on any atom is -0.295 e. The lowest BCUT2D eigenvalue weighted by Crippen LogP contribution is -1.98. The molecular formula is C15H13ClN2. The molecular weight excluding hydrogens is 244 g/mol.